The van der Waals surface area contributed by atoms with Crippen molar-refractivity contribution in [3.8, 4) is 0 Å². The van der Waals surface area contributed by atoms with Crippen LogP contribution in [0.2, 0.25) is 0 Å². The highest BCUT2D eigenvalue weighted by atomic mass is 15.1. The Bertz CT molecular complexity index is 325. The molecule has 2 aliphatic rings. The Morgan fingerprint density at radius 3 is 3.07 bits per heavy atom. The molecule has 3 heteroatoms. The maximum absolute atomic E-state index is 4.48. The zero-order valence-corrected chi connectivity index (χ0v) is 8.27. The fourth-order valence-electron chi connectivity index (χ4n) is 2.46. The van der Waals surface area contributed by atoms with Crippen molar-refractivity contribution in [2.75, 3.05) is 12.0 Å². The molecule has 1 aromatic heterocycles. The Balaban J connectivity index is 2.12. The quantitative estimate of drug-likeness (QED) is 0.648. The number of fused-ring (bicyclic) bond motifs is 3. The van der Waals surface area contributed by atoms with E-state index < -0.39 is 0 Å². The van der Waals surface area contributed by atoms with Gasteiger partial charge in [-0.25, -0.2) is 4.98 Å². The number of anilines is 1. The molecule has 14 heavy (non-hydrogen) atoms. The van der Waals surface area contributed by atoms with Gasteiger partial charge in [-0.2, -0.15) is 0 Å². The van der Waals surface area contributed by atoms with E-state index in [0.29, 0.717) is 0 Å². The second kappa shape index (κ2) is 3.24. The van der Waals surface area contributed by atoms with Gasteiger partial charge in [0.2, 0.25) is 0 Å². The Morgan fingerprint density at radius 2 is 2.07 bits per heavy atom. The molecule has 0 fully saturated rings. The van der Waals surface area contributed by atoms with Gasteiger partial charge in [0.25, 0.3) is 0 Å². The molecule has 0 aromatic carbocycles. The van der Waals surface area contributed by atoms with Crippen LogP contribution in [0, 0.1) is 0 Å². The van der Waals surface area contributed by atoms with Crippen LogP contribution >= 0.6 is 0 Å². The highest BCUT2D eigenvalue weighted by Crippen LogP contribution is 2.28. The van der Waals surface area contributed by atoms with E-state index in [9.17, 15) is 0 Å². The van der Waals surface area contributed by atoms with Crippen molar-refractivity contribution in [3.63, 3.8) is 0 Å². The molecule has 1 aromatic rings. The summed E-state index contributed by atoms with van der Waals surface area (Å²) in [5, 5.41) is 6.63. The van der Waals surface area contributed by atoms with Crippen LogP contribution in [0.4, 0.5) is 5.82 Å². The molecule has 0 bridgehead atoms. The molecule has 3 nitrogen and oxygen atoms in total. The van der Waals surface area contributed by atoms with Crippen LogP contribution in [-0.4, -0.2) is 11.7 Å². The van der Waals surface area contributed by atoms with E-state index in [-0.39, 0.29) is 0 Å². The third-order valence-corrected chi connectivity index (χ3v) is 3.19. The molecule has 74 valence electrons. The highest BCUT2D eigenvalue weighted by molar-refractivity contribution is 5.53. The zero-order valence-electron chi connectivity index (χ0n) is 8.27. The first-order valence-corrected chi connectivity index (χ1v) is 5.39. The fraction of sp³-hybridized carbons (Fsp3) is 0.545. The molecule has 3 rings (SSSR count). The number of hydrogen-bond acceptors (Lipinski definition) is 3. The van der Waals surface area contributed by atoms with Crippen molar-refractivity contribution >= 4 is 5.82 Å². The van der Waals surface area contributed by atoms with E-state index in [2.05, 4.69) is 21.8 Å². The van der Waals surface area contributed by atoms with Crippen LogP contribution < -0.4 is 10.6 Å². The van der Waals surface area contributed by atoms with Gasteiger partial charge in [-0.05, 0) is 36.8 Å². The summed E-state index contributed by atoms with van der Waals surface area (Å²) in [5.41, 5.74) is 4.44. The Morgan fingerprint density at radius 1 is 1.14 bits per heavy atom. The van der Waals surface area contributed by atoms with E-state index in [1.165, 1.54) is 36.8 Å². The zero-order chi connectivity index (χ0) is 9.38. The van der Waals surface area contributed by atoms with E-state index in [4.69, 9.17) is 0 Å². The Kier molecular flexibility index (Phi) is 1.91. The summed E-state index contributed by atoms with van der Waals surface area (Å²) in [6, 6.07) is 0. The molecule has 1 aliphatic carbocycles. The van der Waals surface area contributed by atoms with Crippen molar-refractivity contribution < 1.29 is 0 Å². The van der Waals surface area contributed by atoms with Gasteiger partial charge in [-0.3, -0.25) is 5.32 Å². The van der Waals surface area contributed by atoms with Crippen molar-refractivity contribution in [1.82, 2.24) is 10.3 Å². The molecular formula is C11H15N3. The third-order valence-electron chi connectivity index (χ3n) is 3.19. The lowest BCUT2D eigenvalue weighted by atomic mass is 9.89. The SMILES string of the molecule is c1nc2c(c3c1CCCC3)CNCN2. The van der Waals surface area contributed by atoms with Gasteiger partial charge in [0.05, 0.1) is 6.67 Å². The monoisotopic (exact) mass is 189 g/mol. The summed E-state index contributed by atoms with van der Waals surface area (Å²) in [4.78, 5) is 4.48. The fourth-order valence-corrected chi connectivity index (χ4v) is 2.46. The second-order valence-corrected chi connectivity index (χ2v) is 4.08. The van der Waals surface area contributed by atoms with Crippen LogP contribution in [0.15, 0.2) is 6.20 Å². The number of nitrogens with zero attached hydrogens (tertiary/aromatic N) is 1. The largest absolute Gasteiger partial charge is 0.357 e. The Labute approximate surface area is 83.9 Å². The second-order valence-electron chi connectivity index (χ2n) is 4.08. The molecule has 2 N–H and O–H groups in total. The molecule has 0 saturated carbocycles. The van der Waals surface area contributed by atoms with E-state index in [1.54, 1.807) is 5.56 Å². The van der Waals surface area contributed by atoms with Gasteiger partial charge in [0.1, 0.15) is 5.82 Å². The topological polar surface area (TPSA) is 37.0 Å². The third kappa shape index (κ3) is 1.20. The number of aryl methyl sites for hydroxylation is 1. The van der Waals surface area contributed by atoms with Crippen molar-refractivity contribution in [3.05, 3.63) is 22.9 Å². The number of nitrogens with one attached hydrogen (secondary N) is 2. The lowest BCUT2D eigenvalue weighted by Crippen LogP contribution is -2.30. The molecule has 2 heterocycles. The summed E-state index contributed by atoms with van der Waals surface area (Å²) in [6.07, 6.45) is 7.18. The summed E-state index contributed by atoms with van der Waals surface area (Å²) in [6.45, 7) is 1.83. The van der Waals surface area contributed by atoms with Gasteiger partial charge < -0.3 is 5.32 Å². The molecule has 1 aliphatic heterocycles. The summed E-state index contributed by atoms with van der Waals surface area (Å²) in [7, 11) is 0. The van der Waals surface area contributed by atoms with Crippen LogP contribution in [0.3, 0.4) is 0 Å². The standard InChI is InChI=1S/C11H15N3/c1-2-4-9-8(3-1)5-13-11-10(9)6-12-7-14-11/h5,12H,1-4,6-7H2,(H,13,14). The summed E-state index contributed by atoms with van der Waals surface area (Å²) in [5.74, 6) is 1.10. The predicted octanol–water partition coefficient (Wildman–Crippen LogP) is 1.43. The van der Waals surface area contributed by atoms with Crippen LogP contribution in [-0.2, 0) is 19.4 Å². The smallest absolute Gasteiger partial charge is 0.131 e. The lowest BCUT2D eigenvalue weighted by molar-refractivity contribution is 0.645. The first kappa shape index (κ1) is 8.24. The Hall–Kier alpha value is -1.09. The van der Waals surface area contributed by atoms with Gasteiger partial charge in [-0.1, -0.05) is 0 Å². The van der Waals surface area contributed by atoms with E-state index in [0.717, 1.165) is 19.0 Å². The molecule has 0 amide bonds. The minimum Gasteiger partial charge on any atom is -0.357 e. The minimum atomic E-state index is 0.846. The van der Waals surface area contributed by atoms with E-state index in [1.807, 2.05) is 0 Å². The number of aromatic nitrogens is 1. The highest BCUT2D eigenvalue weighted by Gasteiger charge is 2.18. The lowest BCUT2D eigenvalue weighted by Gasteiger charge is -2.25. The molecular weight excluding hydrogens is 174 g/mol. The van der Waals surface area contributed by atoms with Crippen molar-refractivity contribution in [1.29, 1.82) is 0 Å². The summed E-state index contributed by atoms with van der Waals surface area (Å²) < 4.78 is 0. The first-order chi connectivity index (χ1) is 6.95. The van der Waals surface area contributed by atoms with Gasteiger partial charge >= 0.3 is 0 Å². The molecule has 0 spiro atoms. The molecule has 0 radical (unpaired) electrons. The van der Waals surface area contributed by atoms with Crippen LogP contribution in [0.1, 0.15) is 29.5 Å². The van der Waals surface area contributed by atoms with Crippen molar-refractivity contribution in [2.24, 2.45) is 0 Å². The summed E-state index contributed by atoms with van der Waals surface area (Å²) >= 11 is 0. The number of hydrogen-bond donors (Lipinski definition) is 2. The molecule has 0 saturated heterocycles. The van der Waals surface area contributed by atoms with Crippen LogP contribution in [0.25, 0.3) is 0 Å². The minimum absolute atomic E-state index is 0.846. The van der Waals surface area contributed by atoms with E-state index >= 15 is 0 Å². The van der Waals surface area contributed by atoms with Gasteiger partial charge in [-0.15, -0.1) is 0 Å². The number of rotatable bonds is 0. The predicted molar refractivity (Wildman–Crippen MR) is 56.2 cm³/mol. The first-order valence-electron chi connectivity index (χ1n) is 5.39. The molecule has 0 unspecified atom stereocenters. The van der Waals surface area contributed by atoms with Gasteiger partial charge in [0, 0.05) is 18.3 Å². The number of pyridine rings is 1. The normalized spacial score (nSPS) is 19.4. The van der Waals surface area contributed by atoms with Crippen molar-refractivity contribution in [2.45, 2.75) is 32.2 Å². The maximum Gasteiger partial charge on any atom is 0.131 e. The maximum atomic E-state index is 4.48. The molecule has 0 atom stereocenters. The van der Waals surface area contributed by atoms with Gasteiger partial charge in [0.15, 0.2) is 0 Å². The van der Waals surface area contributed by atoms with Crippen LogP contribution in [0.5, 0.6) is 0 Å². The average Bonchev–Trinajstić information content (AvgIpc) is 2.29. The average molecular weight is 189 g/mol.